The fourth-order valence-electron chi connectivity index (χ4n) is 3.01. The van der Waals surface area contributed by atoms with Crippen molar-refractivity contribution in [3.8, 4) is 17.6 Å². The third-order valence-corrected chi connectivity index (χ3v) is 5.04. The third kappa shape index (κ3) is 7.23. The Balaban J connectivity index is 1.78. The molecular weight excluding hydrogens is 482 g/mol. The lowest BCUT2D eigenvalue weighted by Gasteiger charge is -2.24. The van der Waals surface area contributed by atoms with E-state index in [-0.39, 0.29) is 17.4 Å². The smallest absolute Gasteiger partial charge is 0.410 e. The Kier molecular flexibility index (Phi) is 8.56. The molecule has 0 bridgehead atoms. The molecule has 36 heavy (non-hydrogen) atoms. The predicted octanol–water partition coefficient (Wildman–Crippen LogP) is 5.34. The van der Waals surface area contributed by atoms with Crippen molar-refractivity contribution in [3.05, 3.63) is 53.3 Å². The number of hydrogen-bond donors (Lipinski definition) is 2. The Morgan fingerprint density at radius 2 is 2.00 bits per heavy atom. The van der Waals surface area contributed by atoms with Gasteiger partial charge in [0.05, 0.1) is 17.1 Å². The Labute approximate surface area is 215 Å². The van der Waals surface area contributed by atoms with Gasteiger partial charge in [0, 0.05) is 23.7 Å². The monoisotopic (exact) mass is 509 g/mol. The van der Waals surface area contributed by atoms with Crippen molar-refractivity contribution in [3.63, 3.8) is 0 Å². The van der Waals surface area contributed by atoms with E-state index in [1.165, 1.54) is 17.3 Å². The van der Waals surface area contributed by atoms with Crippen molar-refractivity contribution < 1.29 is 19.5 Å². The van der Waals surface area contributed by atoms with Gasteiger partial charge in [-0.2, -0.15) is 0 Å². The van der Waals surface area contributed by atoms with Gasteiger partial charge in [0.1, 0.15) is 30.1 Å². The number of anilines is 2. The molecule has 2 aromatic carbocycles. The highest BCUT2D eigenvalue weighted by Crippen LogP contribution is 2.29. The number of carbonyl (C=O) groups is 1. The molecule has 0 aliphatic heterocycles. The minimum Gasteiger partial charge on any atom is -0.506 e. The highest BCUT2D eigenvalue weighted by atomic mass is 35.5. The number of hydrogen-bond acceptors (Lipinski definition) is 8. The Hall–Kier alpha value is -4.03. The second-order valence-electron chi connectivity index (χ2n) is 8.80. The quantitative estimate of drug-likeness (QED) is 0.145. The third-order valence-electron chi connectivity index (χ3n) is 4.74. The lowest BCUT2D eigenvalue weighted by atomic mass is 10.1. The lowest BCUT2D eigenvalue weighted by Crippen LogP contribution is -2.35. The molecule has 2 N–H and O–H groups in total. The van der Waals surface area contributed by atoms with Crippen molar-refractivity contribution in [2.45, 2.75) is 33.3 Å². The van der Waals surface area contributed by atoms with Gasteiger partial charge >= 0.3 is 6.09 Å². The summed E-state index contributed by atoms with van der Waals surface area (Å²) in [7, 11) is 1.63. The van der Waals surface area contributed by atoms with Crippen molar-refractivity contribution in [1.29, 1.82) is 0 Å². The maximum Gasteiger partial charge on any atom is 0.410 e. The normalized spacial score (nSPS) is 11.4. The fourth-order valence-corrected chi connectivity index (χ4v) is 3.19. The molecule has 0 atom stereocenters. The first-order chi connectivity index (χ1) is 17.1. The number of fused-ring (bicyclic) bond motifs is 1. The molecule has 0 aliphatic carbocycles. The van der Waals surface area contributed by atoms with Gasteiger partial charge in [-0.3, -0.25) is 0 Å². The van der Waals surface area contributed by atoms with Crippen molar-refractivity contribution in [2.75, 3.05) is 25.5 Å². The summed E-state index contributed by atoms with van der Waals surface area (Å²) < 4.78 is 5.33. The first-order valence-electron chi connectivity index (χ1n) is 11.1. The zero-order chi connectivity index (χ0) is 26.3. The van der Waals surface area contributed by atoms with Crippen molar-refractivity contribution in [2.24, 2.45) is 5.16 Å². The molecule has 0 spiro atoms. The Morgan fingerprint density at radius 3 is 2.69 bits per heavy atom. The molecule has 0 saturated carbocycles. The summed E-state index contributed by atoms with van der Waals surface area (Å²) in [5.41, 5.74) is 1.92. The zero-order valence-corrected chi connectivity index (χ0v) is 21.6. The van der Waals surface area contributed by atoms with Gasteiger partial charge in [0.25, 0.3) is 0 Å². The number of oxime groups is 1. The topological polar surface area (TPSA) is 109 Å². The maximum absolute atomic E-state index is 12.1. The van der Waals surface area contributed by atoms with Crippen LogP contribution in [-0.2, 0) is 9.57 Å². The summed E-state index contributed by atoms with van der Waals surface area (Å²) in [6, 6.07) is 10.3. The van der Waals surface area contributed by atoms with Gasteiger partial charge < -0.3 is 24.9 Å². The second kappa shape index (κ2) is 11.6. The summed E-state index contributed by atoms with van der Waals surface area (Å²) in [5, 5.41) is 18.0. The molecule has 9 nitrogen and oxygen atoms in total. The van der Waals surface area contributed by atoms with Crippen LogP contribution in [0.3, 0.4) is 0 Å². The van der Waals surface area contributed by atoms with Gasteiger partial charge in [-0.05, 0) is 70.0 Å². The number of halogens is 1. The van der Waals surface area contributed by atoms with Crippen LogP contribution in [0.25, 0.3) is 10.9 Å². The van der Waals surface area contributed by atoms with Gasteiger partial charge in [-0.1, -0.05) is 22.7 Å². The van der Waals surface area contributed by atoms with Crippen molar-refractivity contribution in [1.82, 2.24) is 14.9 Å². The average molecular weight is 510 g/mol. The number of aromatic nitrogens is 2. The van der Waals surface area contributed by atoms with E-state index in [1.54, 1.807) is 26.1 Å². The number of nitrogens with zero attached hydrogens (tertiary/aromatic N) is 4. The molecule has 0 fully saturated rings. The number of likely N-dealkylation sites (N-methyl/N-ethyl adjacent to an activating group) is 1. The zero-order valence-electron chi connectivity index (χ0n) is 20.8. The highest BCUT2D eigenvalue weighted by molar-refractivity contribution is 6.32. The summed E-state index contributed by atoms with van der Waals surface area (Å²) >= 11 is 6.03. The molecule has 0 unspecified atom stereocenters. The summed E-state index contributed by atoms with van der Waals surface area (Å²) in [6.07, 6.45) is 1.02. The van der Waals surface area contributed by atoms with Crippen LogP contribution < -0.4 is 5.32 Å². The van der Waals surface area contributed by atoms with E-state index < -0.39 is 11.7 Å². The number of amides is 1. The molecular formula is C26H28ClN5O4. The number of phenolic OH excluding ortho intramolecular Hbond substituents is 1. The largest absolute Gasteiger partial charge is 0.506 e. The lowest BCUT2D eigenvalue weighted by molar-refractivity contribution is 0.0236. The van der Waals surface area contributed by atoms with Gasteiger partial charge in [0.2, 0.25) is 0 Å². The number of ether oxygens (including phenoxy) is 1. The molecule has 10 heteroatoms. The molecule has 3 rings (SSSR count). The predicted molar refractivity (Wildman–Crippen MR) is 141 cm³/mol. The standard InChI is InChI=1S/C26H28ClN5O4/c1-6-7-21(31-35-13-12-32(5)25(34)36-26(2,3)4)17-8-10-22-19(14-17)24(29-16-28-22)30-18-9-11-23(33)20(27)15-18/h8-11,14-16,33H,12-13H2,1-5H3,(H,28,29,30). The number of nitrogens with one attached hydrogen (secondary N) is 1. The number of benzene rings is 2. The highest BCUT2D eigenvalue weighted by Gasteiger charge is 2.19. The maximum atomic E-state index is 12.1. The van der Waals surface area contributed by atoms with E-state index in [1.807, 2.05) is 39.0 Å². The minimum absolute atomic E-state index is 0.00618. The minimum atomic E-state index is -0.573. The van der Waals surface area contributed by atoms with Crippen molar-refractivity contribution >= 4 is 45.8 Å². The van der Waals surface area contributed by atoms with Crippen LogP contribution in [0.15, 0.2) is 47.9 Å². The summed E-state index contributed by atoms with van der Waals surface area (Å²) in [4.78, 5) is 27.7. The number of aromatic hydroxyl groups is 1. The van der Waals surface area contributed by atoms with Crippen LogP contribution in [-0.4, -0.2) is 57.6 Å². The second-order valence-corrected chi connectivity index (χ2v) is 9.20. The molecule has 1 heterocycles. The molecule has 1 aromatic heterocycles. The molecule has 0 radical (unpaired) electrons. The summed E-state index contributed by atoms with van der Waals surface area (Å²) in [5.74, 6) is 6.34. The van der Waals surface area contributed by atoms with Crippen LogP contribution in [0.5, 0.6) is 5.75 Å². The molecule has 3 aromatic rings. The van der Waals surface area contributed by atoms with Gasteiger partial charge in [-0.15, -0.1) is 0 Å². The van der Waals surface area contributed by atoms with E-state index in [0.717, 1.165) is 5.39 Å². The summed E-state index contributed by atoms with van der Waals surface area (Å²) in [6.45, 7) is 7.59. The SMILES string of the molecule is CC#CC(=NOCCN(C)C(=O)OC(C)(C)C)c1ccc2ncnc(Nc3ccc(O)c(Cl)c3)c2c1. The number of phenols is 1. The first kappa shape index (κ1) is 26.6. The Bertz CT molecular complexity index is 1340. The van der Waals surface area contributed by atoms with E-state index in [0.29, 0.717) is 34.8 Å². The van der Waals surface area contributed by atoms with Crippen LogP contribution >= 0.6 is 11.6 Å². The van der Waals surface area contributed by atoms with Crippen LogP contribution in [0.2, 0.25) is 5.02 Å². The molecule has 1 amide bonds. The molecule has 188 valence electrons. The average Bonchev–Trinajstić information content (AvgIpc) is 2.82. The van der Waals surface area contributed by atoms with Crippen LogP contribution in [0.4, 0.5) is 16.3 Å². The van der Waals surface area contributed by atoms with Gasteiger partial charge in [-0.25, -0.2) is 14.8 Å². The van der Waals surface area contributed by atoms with E-state index in [2.05, 4.69) is 32.3 Å². The fraction of sp³-hybridized carbons (Fsp3) is 0.308. The van der Waals surface area contributed by atoms with Crippen LogP contribution in [0, 0.1) is 11.8 Å². The Morgan fingerprint density at radius 1 is 1.22 bits per heavy atom. The number of carbonyl (C=O) groups excluding carboxylic acids is 1. The molecule has 0 saturated heterocycles. The first-order valence-corrected chi connectivity index (χ1v) is 11.5. The van der Waals surface area contributed by atoms with E-state index >= 15 is 0 Å². The van der Waals surface area contributed by atoms with Crippen LogP contribution in [0.1, 0.15) is 33.3 Å². The molecule has 0 aliphatic rings. The van der Waals surface area contributed by atoms with Gasteiger partial charge in [0.15, 0.2) is 5.71 Å². The van der Waals surface area contributed by atoms with E-state index in [9.17, 15) is 9.90 Å². The number of rotatable bonds is 7. The van der Waals surface area contributed by atoms with E-state index in [4.69, 9.17) is 21.2 Å².